The molecule has 1 heterocycles. The van der Waals surface area contributed by atoms with Gasteiger partial charge < -0.3 is 10.1 Å². The van der Waals surface area contributed by atoms with Gasteiger partial charge in [-0.05, 0) is 13.3 Å². The molecule has 0 spiro atoms. The second-order valence-electron chi connectivity index (χ2n) is 3.78. The molecule has 0 fully saturated rings. The van der Waals surface area contributed by atoms with Crippen LogP contribution in [0.3, 0.4) is 0 Å². The number of hydrogen-bond donors (Lipinski definition) is 1. The first kappa shape index (κ1) is 12.9. The van der Waals surface area contributed by atoms with E-state index in [-0.39, 0.29) is 0 Å². The second kappa shape index (κ2) is 7.19. The van der Waals surface area contributed by atoms with Gasteiger partial charge in [-0.25, -0.2) is 0 Å². The molecule has 0 saturated heterocycles. The molecule has 90 valence electrons. The lowest BCUT2D eigenvalue weighted by Crippen LogP contribution is -2.19. The molecule has 16 heavy (non-hydrogen) atoms. The van der Waals surface area contributed by atoms with Crippen LogP contribution in [0.2, 0.25) is 0 Å². The van der Waals surface area contributed by atoms with Gasteiger partial charge in [0.2, 0.25) is 0 Å². The highest BCUT2D eigenvalue weighted by atomic mass is 16.5. The van der Waals surface area contributed by atoms with Crippen LogP contribution in [0.5, 0.6) is 0 Å². The number of ether oxygens (including phenoxy) is 1. The van der Waals surface area contributed by atoms with E-state index < -0.39 is 0 Å². The van der Waals surface area contributed by atoms with E-state index in [1.807, 2.05) is 30.9 Å². The van der Waals surface area contributed by atoms with Crippen LogP contribution in [0.1, 0.15) is 17.7 Å². The van der Waals surface area contributed by atoms with Crippen molar-refractivity contribution in [3.63, 3.8) is 0 Å². The fraction of sp³-hybridized carbons (Fsp3) is 0.583. The lowest BCUT2D eigenvalue weighted by atomic mass is 10.2. The van der Waals surface area contributed by atoms with Gasteiger partial charge in [0.25, 0.3) is 0 Å². The van der Waals surface area contributed by atoms with Crippen molar-refractivity contribution in [3.8, 4) is 0 Å². The summed E-state index contributed by atoms with van der Waals surface area (Å²) in [6.45, 7) is 8.89. The van der Waals surface area contributed by atoms with E-state index in [0.29, 0.717) is 0 Å². The Morgan fingerprint density at radius 1 is 1.56 bits per heavy atom. The highest BCUT2D eigenvalue weighted by Gasteiger charge is 2.01. The van der Waals surface area contributed by atoms with Gasteiger partial charge >= 0.3 is 0 Å². The molecule has 0 aliphatic carbocycles. The Hall–Kier alpha value is -1.13. The summed E-state index contributed by atoms with van der Waals surface area (Å²) in [4.78, 5) is 0. The van der Waals surface area contributed by atoms with Crippen LogP contribution in [0, 0.1) is 6.92 Å². The van der Waals surface area contributed by atoms with Gasteiger partial charge in [0.1, 0.15) is 0 Å². The normalized spacial score (nSPS) is 10.6. The molecule has 1 aromatic heterocycles. The Balaban J connectivity index is 2.07. The van der Waals surface area contributed by atoms with Crippen LogP contribution in [-0.4, -0.2) is 29.5 Å². The van der Waals surface area contributed by atoms with E-state index in [4.69, 9.17) is 4.74 Å². The minimum Gasteiger partial charge on any atom is -0.380 e. The average molecular weight is 223 g/mol. The molecule has 0 bridgehead atoms. The number of aryl methyl sites for hydroxylation is 2. The van der Waals surface area contributed by atoms with Crippen LogP contribution in [0.4, 0.5) is 0 Å². The van der Waals surface area contributed by atoms with Crippen molar-refractivity contribution in [2.45, 2.75) is 19.9 Å². The Morgan fingerprint density at radius 3 is 3.00 bits per heavy atom. The van der Waals surface area contributed by atoms with Gasteiger partial charge in [-0.1, -0.05) is 6.08 Å². The first-order valence-electron chi connectivity index (χ1n) is 5.62. The molecule has 0 aliphatic rings. The number of hydrogen-bond acceptors (Lipinski definition) is 3. The van der Waals surface area contributed by atoms with E-state index in [0.717, 1.165) is 38.4 Å². The summed E-state index contributed by atoms with van der Waals surface area (Å²) in [5, 5.41) is 7.61. The molecule has 0 atom stereocenters. The molecule has 1 rings (SSSR count). The van der Waals surface area contributed by atoms with Crippen LogP contribution in [0.15, 0.2) is 18.9 Å². The first-order chi connectivity index (χ1) is 7.74. The van der Waals surface area contributed by atoms with Gasteiger partial charge in [-0.2, -0.15) is 5.10 Å². The molecule has 4 heteroatoms. The highest BCUT2D eigenvalue weighted by Crippen LogP contribution is 2.03. The molecular formula is C12H21N3O. The second-order valence-corrected chi connectivity index (χ2v) is 3.78. The monoisotopic (exact) mass is 223 g/mol. The summed E-state index contributed by atoms with van der Waals surface area (Å²) < 4.78 is 7.23. The third-order valence-corrected chi connectivity index (χ3v) is 2.32. The molecule has 1 N–H and O–H groups in total. The van der Waals surface area contributed by atoms with Crippen molar-refractivity contribution in [2.75, 3.05) is 19.8 Å². The van der Waals surface area contributed by atoms with Crippen molar-refractivity contribution < 1.29 is 4.74 Å². The molecule has 0 unspecified atom stereocenters. The molecule has 0 saturated carbocycles. The van der Waals surface area contributed by atoms with E-state index in [1.54, 1.807) is 0 Å². The topological polar surface area (TPSA) is 39.1 Å². The SMILES string of the molecule is C=CCCOCCNCc1cn(C)nc1C. The molecule has 0 aromatic carbocycles. The lowest BCUT2D eigenvalue weighted by Gasteiger charge is -2.04. The molecule has 1 aromatic rings. The molecule has 0 aliphatic heterocycles. The summed E-state index contributed by atoms with van der Waals surface area (Å²) in [5.41, 5.74) is 2.33. The van der Waals surface area contributed by atoms with Gasteiger partial charge in [0, 0.05) is 31.9 Å². The minimum atomic E-state index is 0.743. The average Bonchev–Trinajstić information content (AvgIpc) is 2.56. The number of nitrogens with one attached hydrogen (secondary N) is 1. The smallest absolute Gasteiger partial charge is 0.0638 e. The maximum atomic E-state index is 5.39. The van der Waals surface area contributed by atoms with Crippen LogP contribution >= 0.6 is 0 Å². The summed E-state index contributed by atoms with van der Waals surface area (Å²) in [6, 6.07) is 0. The third-order valence-electron chi connectivity index (χ3n) is 2.32. The predicted octanol–water partition coefficient (Wildman–Crippen LogP) is 1.41. The zero-order chi connectivity index (χ0) is 11.8. The largest absolute Gasteiger partial charge is 0.380 e. The van der Waals surface area contributed by atoms with E-state index in [9.17, 15) is 0 Å². The zero-order valence-corrected chi connectivity index (χ0v) is 10.2. The number of aromatic nitrogens is 2. The summed E-state index contributed by atoms with van der Waals surface area (Å²) in [7, 11) is 1.94. The third kappa shape index (κ3) is 4.59. The van der Waals surface area contributed by atoms with Crippen molar-refractivity contribution >= 4 is 0 Å². The lowest BCUT2D eigenvalue weighted by molar-refractivity contribution is 0.140. The molecular weight excluding hydrogens is 202 g/mol. The fourth-order valence-electron chi connectivity index (χ4n) is 1.46. The van der Waals surface area contributed by atoms with Crippen LogP contribution in [-0.2, 0) is 18.3 Å². The quantitative estimate of drug-likeness (QED) is 0.535. The van der Waals surface area contributed by atoms with Gasteiger partial charge in [0.15, 0.2) is 0 Å². The molecule has 0 amide bonds. The molecule has 4 nitrogen and oxygen atoms in total. The van der Waals surface area contributed by atoms with E-state index in [2.05, 4.69) is 17.0 Å². The molecule has 0 radical (unpaired) electrons. The van der Waals surface area contributed by atoms with E-state index >= 15 is 0 Å². The Kier molecular flexibility index (Phi) is 5.82. The Bertz CT molecular complexity index is 320. The maximum Gasteiger partial charge on any atom is 0.0638 e. The van der Waals surface area contributed by atoms with Crippen LogP contribution < -0.4 is 5.32 Å². The summed E-state index contributed by atoms with van der Waals surface area (Å²) >= 11 is 0. The summed E-state index contributed by atoms with van der Waals surface area (Å²) in [6.07, 6.45) is 4.83. The number of nitrogens with zero attached hydrogens (tertiary/aromatic N) is 2. The Labute approximate surface area is 97.3 Å². The van der Waals surface area contributed by atoms with Gasteiger partial charge in [0.05, 0.1) is 18.9 Å². The minimum absolute atomic E-state index is 0.743. The van der Waals surface area contributed by atoms with Crippen LogP contribution in [0.25, 0.3) is 0 Å². The van der Waals surface area contributed by atoms with Gasteiger partial charge in [-0.3, -0.25) is 4.68 Å². The zero-order valence-electron chi connectivity index (χ0n) is 10.2. The standard InChI is InChI=1S/C12H21N3O/c1-4-5-7-16-8-6-13-9-12-10-15(3)14-11(12)2/h4,10,13H,1,5-9H2,2-3H3. The van der Waals surface area contributed by atoms with Crippen molar-refractivity contribution in [1.29, 1.82) is 0 Å². The fourth-order valence-corrected chi connectivity index (χ4v) is 1.46. The maximum absolute atomic E-state index is 5.39. The Morgan fingerprint density at radius 2 is 2.38 bits per heavy atom. The predicted molar refractivity (Wildman–Crippen MR) is 65.3 cm³/mol. The summed E-state index contributed by atoms with van der Waals surface area (Å²) in [5.74, 6) is 0. The van der Waals surface area contributed by atoms with Crippen molar-refractivity contribution in [1.82, 2.24) is 15.1 Å². The first-order valence-corrected chi connectivity index (χ1v) is 5.62. The van der Waals surface area contributed by atoms with Crippen molar-refractivity contribution in [2.24, 2.45) is 7.05 Å². The highest BCUT2D eigenvalue weighted by molar-refractivity contribution is 5.14. The van der Waals surface area contributed by atoms with E-state index in [1.165, 1.54) is 5.56 Å². The number of rotatable bonds is 8. The van der Waals surface area contributed by atoms with Crippen molar-refractivity contribution in [3.05, 3.63) is 30.1 Å². The van der Waals surface area contributed by atoms with Gasteiger partial charge in [-0.15, -0.1) is 6.58 Å².